The number of nitrogens with two attached hydrogens (primary N) is 1. The summed E-state index contributed by atoms with van der Waals surface area (Å²) in [4.78, 5) is 33.3. The topological polar surface area (TPSA) is 113 Å². The van der Waals surface area contributed by atoms with Gasteiger partial charge in [0.05, 0.1) is 19.6 Å². The van der Waals surface area contributed by atoms with Gasteiger partial charge in [0.15, 0.2) is 0 Å². The van der Waals surface area contributed by atoms with Crippen LogP contribution in [0.4, 0.5) is 0 Å². The van der Waals surface area contributed by atoms with Crippen molar-refractivity contribution in [2.45, 2.75) is 26.3 Å². The van der Waals surface area contributed by atoms with Crippen LogP contribution in [-0.4, -0.2) is 42.9 Å². The van der Waals surface area contributed by atoms with Crippen molar-refractivity contribution < 1.29 is 14.4 Å². The van der Waals surface area contributed by atoms with Gasteiger partial charge in [-0.05, 0) is 20.8 Å². The van der Waals surface area contributed by atoms with Crippen LogP contribution in [0.2, 0.25) is 0 Å². The second kappa shape index (κ2) is 6.85. The van der Waals surface area contributed by atoms with Crippen LogP contribution in [0.15, 0.2) is 0 Å². The lowest BCUT2D eigenvalue weighted by atomic mass is 10.1. The summed E-state index contributed by atoms with van der Waals surface area (Å²) in [5.41, 5.74) is 4.70. The highest BCUT2D eigenvalue weighted by Crippen LogP contribution is 1.96. The highest BCUT2D eigenvalue weighted by atomic mass is 16.2. The highest BCUT2D eigenvalue weighted by Gasteiger charge is 2.14. The number of carbonyl (C=O) groups is 3. The first-order valence-electron chi connectivity index (χ1n) is 5.29. The van der Waals surface area contributed by atoms with Gasteiger partial charge in [-0.15, -0.1) is 0 Å². The summed E-state index contributed by atoms with van der Waals surface area (Å²) in [6.07, 6.45) is 0. The second-order valence-electron chi connectivity index (χ2n) is 4.56. The van der Waals surface area contributed by atoms with Crippen molar-refractivity contribution in [3.8, 4) is 0 Å². The first-order valence-corrected chi connectivity index (χ1v) is 5.29. The molecular weight excluding hydrogens is 224 g/mol. The van der Waals surface area contributed by atoms with Crippen LogP contribution in [0.3, 0.4) is 0 Å². The molecule has 0 saturated heterocycles. The zero-order chi connectivity index (χ0) is 13.5. The van der Waals surface area contributed by atoms with E-state index in [4.69, 9.17) is 5.73 Å². The third-order valence-corrected chi connectivity index (χ3v) is 1.59. The van der Waals surface area contributed by atoms with Gasteiger partial charge in [-0.2, -0.15) is 0 Å². The van der Waals surface area contributed by atoms with E-state index in [1.807, 2.05) is 20.8 Å². The Bertz CT molecular complexity index is 296. The lowest BCUT2D eigenvalue weighted by Gasteiger charge is -2.20. The molecule has 0 heterocycles. The van der Waals surface area contributed by atoms with E-state index >= 15 is 0 Å². The molecule has 0 rings (SSSR count). The molecular formula is C10H20N4O3. The molecule has 0 unspecified atom stereocenters. The number of hydrogen-bond acceptors (Lipinski definition) is 4. The van der Waals surface area contributed by atoms with Crippen LogP contribution >= 0.6 is 0 Å². The van der Waals surface area contributed by atoms with Gasteiger partial charge >= 0.3 is 0 Å². The lowest BCUT2D eigenvalue weighted by Crippen LogP contribution is -2.47. The first-order chi connectivity index (χ1) is 7.74. The van der Waals surface area contributed by atoms with Crippen LogP contribution < -0.4 is 21.7 Å². The van der Waals surface area contributed by atoms with Gasteiger partial charge in [-0.1, -0.05) is 0 Å². The number of carbonyl (C=O) groups excluding carboxylic acids is 3. The van der Waals surface area contributed by atoms with Gasteiger partial charge in [0.25, 0.3) is 0 Å². The van der Waals surface area contributed by atoms with Gasteiger partial charge < -0.3 is 21.7 Å². The predicted octanol–water partition coefficient (Wildman–Crippen LogP) is -1.91. The molecule has 0 radical (unpaired) electrons. The molecule has 98 valence electrons. The maximum atomic E-state index is 11.3. The Hall–Kier alpha value is -1.63. The molecule has 0 aliphatic carbocycles. The molecule has 0 bridgehead atoms. The average molecular weight is 244 g/mol. The maximum absolute atomic E-state index is 11.3. The van der Waals surface area contributed by atoms with E-state index < -0.39 is 11.8 Å². The van der Waals surface area contributed by atoms with Crippen LogP contribution in [0.1, 0.15) is 20.8 Å². The van der Waals surface area contributed by atoms with Crippen LogP contribution in [0.5, 0.6) is 0 Å². The van der Waals surface area contributed by atoms with Gasteiger partial charge in [-0.25, -0.2) is 0 Å². The van der Waals surface area contributed by atoms with Gasteiger partial charge in [0.2, 0.25) is 17.7 Å². The van der Waals surface area contributed by atoms with Crippen LogP contribution in [-0.2, 0) is 14.4 Å². The summed E-state index contributed by atoms with van der Waals surface area (Å²) in [6, 6.07) is 0. The predicted molar refractivity (Wildman–Crippen MR) is 63.0 cm³/mol. The number of hydrogen-bond donors (Lipinski definition) is 4. The zero-order valence-electron chi connectivity index (χ0n) is 10.4. The molecule has 0 aromatic carbocycles. The maximum Gasteiger partial charge on any atom is 0.239 e. The Kier molecular flexibility index (Phi) is 6.19. The van der Waals surface area contributed by atoms with E-state index in [0.29, 0.717) is 0 Å². The second-order valence-corrected chi connectivity index (χ2v) is 4.56. The Morgan fingerprint density at radius 1 is 0.941 bits per heavy atom. The highest BCUT2D eigenvalue weighted by molar-refractivity contribution is 5.88. The number of nitrogens with one attached hydrogen (secondary N) is 3. The normalized spacial score (nSPS) is 10.6. The van der Waals surface area contributed by atoms with Crippen molar-refractivity contribution in [3.63, 3.8) is 0 Å². The largest absolute Gasteiger partial charge is 0.350 e. The minimum atomic E-state index is -0.434. The van der Waals surface area contributed by atoms with Crippen molar-refractivity contribution >= 4 is 17.7 Å². The number of amides is 3. The standard InChI is InChI=1S/C10H20N4O3/c1-10(2,3)14-9(17)6-13-8(16)5-12-7(15)4-11/h4-6,11H2,1-3H3,(H,12,15)(H,13,16)(H,14,17). The van der Waals surface area contributed by atoms with E-state index in [-0.39, 0.29) is 31.1 Å². The molecule has 17 heavy (non-hydrogen) atoms. The molecule has 0 atom stereocenters. The molecule has 0 fully saturated rings. The number of rotatable bonds is 5. The fraction of sp³-hybridized carbons (Fsp3) is 0.700. The fourth-order valence-electron chi connectivity index (χ4n) is 0.955. The van der Waals surface area contributed by atoms with Crippen LogP contribution in [0, 0.1) is 0 Å². The zero-order valence-corrected chi connectivity index (χ0v) is 10.4. The summed E-state index contributed by atoms with van der Waals surface area (Å²) < 4.78 is 0. The molecule has 0 spiro atoms. The molecule has 0 saturated carbocycles. The van der Waals surface area contributed by atoms with E-state index in [9.17, 15) is 14.4 Å². The Morgan fingerprint density at radius 3 is 1.88 bits per heavy atom. The van der Waals surface area contributed by atoms with E-state index in [1.165, 1.54) is 0 Å². The first kappa shape index (κ1) is 15.4. The molecule has 5 N–H and O–H groups in total. The van der Waals surface area contributed by atoms with Crippen molar-refractivity contribution in [3.05, 3.63) is 0 Å². The summed E-state index contributed by atoms with van der Waals surface area (Å²) in [7, 11) is 0. The van der Waals surface area contributed by atoms with Gasteiger partial charge in [0, 0.05) is 5.54 Å². The van der Waals surface area contributed by atoms with Crippen molar-refractivity contribution in [1.82, 2.24) is 16.0 Å². The molecule has 0 aromatic heterocycles. The Morgan fingerprint density at radius 2 is 1.41 bits per heavy atom. The minimum absolute atomic E-state index is 0.116. The van der Waals surface area contributed by atoms with Crippen molar-refractivity contribution in [2.75, 3.05) is 19.6 Å². The fourth-order valence-corrected chi connectivity index (χ4v) is 0.955. The van der Waals surface area contributed by atoms with Crippen molar-refractivity contribution in [1.29, 1.82) is 0 Å². The van der Waals surface area contributed by atoms with E-state index in [2.05, 4.69) is 16.0 Å². The van der Waals surface area contributed by atoms with E-state index in [1.54, 1.807) is 0 Å². The van der Waals surface area contributed by atoms with Crippen LogP contribution in [0.25, 0.3) is 0 Å². The van der Waals surface area contributed by atoms with Crippen molar-refractivity contribution in [2.24, 2.45) is 5.73 Å². The molecule has 7 heteroatoms. The minimum Gasteiger partial charge on any atom is -0.350 e. The lowest BCUT2D eigenvalue weighted by molar-refractivity contribution is -0.127. The third kappa shape index (κ3) is 9.31. The molecule has 7 nitrogen and oxygen atoms in total. The smallest absolute Gasteiger partial charge is 0.239 e. The molecule has 0 aliphatic heterocycles. The van der Waals surface area contributed by atoms with Gasteiger partial charge in [-0.3, -0.25) is 14.4 Å². The molecule has 3 amide bonds. The monoisotopic (exact) mass is 244 g/mol. The average Bonchev–Trinajstić information content (AvgIpc) is 2.20. The quantitative estimate of drug-likeness (QED) is 0.452. The third-order valence-electron chi connectivity index (χ3n) is 1.59. The van der Waals surface area contributed by atoms with Gasteiger partial charge in [0.1, 0.15) is 0 Å². The SMILES string of the molecule is CC(C)(C)NC(=O)CNC(=O)CNC(=O)CN. The summed E-state index contributed by atoms with van der Waals surface area (Å²) in [5.74, 6) is -1.13. The Balaban J connectivity index is 3.77. The van der Waals surface area contributed by atoms with E-state index in [0.717, 1.165) is 0 Å². The molecule has 0 aromatic rings. The summed E-state index contributed by atoms with van der Waals surface area (Å²) >= 11 is 0. The molecule has 0 aliphatic rings. The summed E-state index contributed by atoms with van der Waals surface area (Å²) in [6.45, 7) is 5.06. The Labute approximate surface area is 100 Å². The summed E-state index contributed by atoms with van der Waals surface area (Å²) in [5, 5.41) is 7.36.